The third-order valence-electron chi connectivity index (χ3n) is 4.26. The number of carbonyl (C=O) groups is 2. The van der Waals surface area contributed by atoms with Crippen LogP contribution in [0, 0.1) is 0 Å². The third kappa shape index (κ3) is 8.82. The normalized spacial score (nSPS) is 12.6. The Morgan fingerprint density at radius 3 is 2.36 bits per heavy atom. The Hall–Kier alpha value is -2.97. The van der Waals surface area contributed by atoms with Gasteiger partial charge in [0, 0.05) is 17.0 Å². The molecule has 0 spiro atoms. The number of nitrogens with one attached hydrogen (secondary N) is 2. The minimum atomic E-state index is -0.950. The average molecular weight is 496 g/mol. The van der Waals surface area contributed by atoms with Crippen molar-refractivity contribution < 1.29 is 24.3 Å². The number of phenolic OH excluding ortho intramolecular Hbond substituents is 1. The second-order valence-electron chi connectivity index (χ2n) is 8.13. The second kappa shape index (κ2) is 11.8. The van der Waals surface area contributed by atoms with Gasteiger partial charge in [-0.05, 0) is 56.7 Å². The Kier molecular flexibility index (Phi) is 9.37. The highest BCUT2D eigenvalue weighted by Gasteiger charge is 2.25. The minimum absolute atomic E-state index is 0.0178. The van der Waals surface area contributed by atoms with Gasteiger partial charge in [-0.25, -0.2) is 4.79 Å². The summed E-state index contributed by atoms with van der Waals surface area (Å²) < 4.78 is 5.29. The lowest BCUT2D eigenvalue weighted by Crippen LogP contribution is -2.50. The molecule has 0 aliphatic heterocycles. The lowest BCUT2D eigenvalue weighted by Gasteiger charge is -2.23. The van der Waals surface area contributed by atoms with Crippen LogP contribution in [0.15, 0.2) is 47.6 Å². The zero-order valence-electron chi connectivity index (χ0n) is 18.8. The van der Waals surface area contributed by atoms with Gasteiger partial charge < -0.3 is 25.3 Å². The fraction of sp³-hybridized carbons (Fsp3) is 0.348. The van der Waals surface area contributed by atoms with E-state index in [1.165, 1.54) is 19.2 Å². The molecule has 0 aliphatic rings. The molecule has 2 amide bonds. The van der Waals surface area contributed by atoms with Crippen molar-refractivity contribution in [3.05, 3.63) is 63.6 Å². The fourth-order valence-corrected chi connectivity index (χ4v) is 3.35. The molecule has 0 heterocycles. The maximum atomic E-state index is 13.0. The van der Waals surface area contributed by atoms with Crippen molar-refractivity contribution in [2.24, 2.45) is 5.16 Å². The molecule has 0 saturated heterocycles. The maximum absolute atomic E-state index is 13.0. The van der Waals surface area contributed by atoms with Crippen LogP contribution in [0.25, 0.3) is 0 Å². The van der Waals surface area contributed by atoms with Crippen molar-refractivity contribution in [2.45, 2.75) is 38.8 Å². The SMILES string of the molecule is CON=C(CNC(=O)C(Cc1ccc(O)cc1)NC(=O)OC(C)(C)C)c1ccc(Cl)cc1Cl. The van der Waals surface area contributed by atoms with Gasteiger partial charge in [0.2, 0.25) is 5.91 Å². The molecule has 0 aromatic heterocycles. The van der Waals surface area contributed by atoms with Gasteiger partial charge in [0.05, 0.1) is 11.6 Å². The Morgan fingerprint density at radius 1 is 1.12 bits per heavy atom. The highest BCUT2D eigenvalue weighted by molar-refractivity contribution is 6.37. The number of aromatic hydroxyl groups is 1. The molecule has 0 saturated carbocycles. The molecule has 0 bridgehead atoms. The Morgan fingerprint density at radius 2 is 1.79 bits per heavy atom. The third-order valence-corrected chi connectivity index (χ3v) is 4.81. The number of hydrogen-bond donors (Lipinski definition) is 3. The summed E-state index contributed by atoms with van der Waals surface area (Å²) in [5, 5.41) is 19.6. The molecule has 178 valence electrons. The molecule has 1 unspecified atom stereocenters. The monoisotopic (exact) mass is 495 g/mol. The van der Waals surface area contributed by atoms with E-state index in [0.29, 0.717) is 21.3 Å². The molecule has 2 aromatic rings. The van der Waals surface area contributed by atoms with Gasteiger partial charge >= 0.3 is 6.09 Å². The van der Waals surface area contributed by atoms with E-state index in [2.05, 4.69) is 15.8 Å². The van der Waals surface area contributed by atoms with Gasteiger partial charge in [-0.1, -0.05) is 40.5 Å². The van der Waals surface area contributed by atoms with Crippen LogP contribution >= 0.6 is 23.2 Å². The lowest BCUT2D eigenvalue weighted by molar-refractivity contribution is -0.122. The van der Waals surface area contributed by atoms with Crippen LogP contribution in [0.5, 0.6) is 5.75 Å². The Balaban J connectivity index is 2.18. The smallest absolute Gasteiger partial charge is 0.408 e. The summed E-state index contributed by atoms with van der Waals surface area (Å²) in [5.41, 5.74) is 0.912. The number of phenols is 1. The minimum Gasteiger partial charge on any atom is -0.508 e. The highest BCUT2D eigenvalue weighted by atomic mass is 35.5. The number of rotatable bonds is 8. The molecular formula is C23H27Cl2N3O5. The van der Waals surface area contributed by atoms with Gasteiger partial charge in [-0.2, -0.15) is 0 Å². The second-order valence-corrected chi connectivity index (χ2v) is 8.98. The number of nitrogens with zero attached hydrogens (tertiary/aromatic N) is 1. The number of carbonyl (C=O) groups excluding carboxylic acids is 2. The van der Waals surface area contributed by atoms with Crippen molar-refractivity contribution >= 4 is 40.9 Å². The van der Waals surface area contributed by atoms with Crippen LogP contribution in [0.3, 0.4) is 0 Å². The first-order valence-electron chi connectivity index (χ1n) is 10.1. The Bertz CT molecular complexity index is 1000. The van der Waals surface area contributed by atoms with Crippen molar-refractivity contribution in [3.63, 3.8) is 0 Å². The van der Waals surface area contributed by atoms with Crippen LogP contribution in [0.4, 0.5) is 4.79 Å². The predicted molar refractivity (Wildman–Crippen MR) is 128 cm³/mol. The van der Waals surface area contributed by atoms with Crippen molar-refractivity contribution in [1.29, 1.82) is 0 Å². The van der Waals surface area contributed by atoms with E-state index < -0.39 is 23.6 Å². The summed E-state index contributed by atoms with van der Waals surface area (Å²) in [6, 6.07) is 10.3. The van der Waals surface area contributed by atoms with E-state index in [0.717, 1.165) is 5.56 Å². The van der Waals surface area contributed by atoms with Gasteiger partial charge in [0.25, 0.3) is 0 Å². The van der Waals surface area contributed by atoms with Crippen LogP contribution in [0.2, 0.25) is 10.0 Å². The number of oxime groups is 1. The molecule has 10 heteroatoms. The van der Waals surface area contributed by atoms with Crippen LogP contribution in [-0.2, 0) is 20.8 Å². The number of alkyl carbamates (subject to hydrolysis) is 1. The van der Waals surface area contributed by atoms with E-state index in [9.17, 15) is 14.7 Å². The number of benzene rings is 2. The quantitative estimate of drug-likeness (QED) is 0.373. The molecular weight excluding hydrogens is 469 g/mol. The van der Waals surface area contributed by atoms with Gasteiger partial charge in [-0.3, -0.25) is 4.79 Å². The van der Waals surface area contributed by atoms with Crippen LogP contribution in [0.1, 0.15) is 31.9 Å². The highest BCUT2D eigenvalue weighted by Crippen LogP contribution is 2.22. The summed E-state index contributed by atoms with van der Waals surface area (Å²) in [6.45, 7) is 5.16. The van der Waals surface area contributed by atoms with Crippen molar-refractivity contribution in [1.82, 2.24) is 10.6 Å². The van der Waals surface area contributed by atoms with E-state index in [4.69, 9.17) is 32.8 Å². The van der Waals surface area contributed by atoms with Gasteiger partial charge in [-0.15, -0.1) is 0 Å². The topological polar surface area (TPSA) is 109 Å². The van der Waals surface area contributed by atoms with E-state index >= 15 is 0 Å². The largest absolute Gasteiger partial charge is 0.508 e. The van der Waals surface area contributed by atoms with E-state index in [1.807, 2.05) is 0 Å². The molecule has 2 aromatic carbocycles. The summed E-state index contributed by atoms with van der Waals surface area (Å²) in [4.78, 5) is 30.2. The molecule has 2 rings (SSSR count). The number of halogens is 2. The van der Waals surface area contributed by atoms with E-state index in [-0.39, 0.29) is 18.7 Å². The first-order chi connectivity index (χ1) is 15.5. The molecule has 8 nitrogen and oxygen atoms in total. The van der Waals surface area contributed by atoms with Crippen LogP contribution < -0.4 is 10.6 Å². The summed E-state index contributed by atoms with van der Waals surface area (Å²) in [5.74, 6) is -0.372. The molecule has 0 radical (unpaired) electrons. The molecule has 3 N–H and O–H groups in total. The maximum Gasteiger partial charge on any atom is 0.408 e. The lowest BCUT2D eigenvalue weighted by atomic mass is 10.0. The number of amides is 2. The van der Waals surface area contributed by atoms with E-state index in [1.54, 1.807) is 51.1 Å². The first kappa shape index (κ1) is 26.3. The number of hydrogen-bond acceptors (Lipinski definition) is 6. The summed E-state index contributed by atoms with van der Waals surface area (Å²) >= 11 is 12.2. The van der Waals surface area contributed by atoms with Crippen molar-refractivity contribution in [3.8, 4) is 5.75 Å². The summed E-state index contributed by atoms with van der Waals surface area (Å²) in [6.07, 6.45) is -0.558. The standard InChI is InChI=1S/C23H27Cl2N3O5/c1-23(2,3)33-22(31)27-19(11-14-5-8-16(29)9-6-14)21(30)26-13-20(28-32-4)17-10-7-15(24)12-18(17)25/h5-10,12,19,29H,11,13H2,1-4H3,(H,26,30)(H,27,31). The van der Waals surface area contributed by atoms with Crippen molar-refractivity contribution in [2.75, 3.05) is 13.7 Å². The van der Waals surface area contributed by atoms with Crippen LogP contribution in [-0.4, -0.2) is 48.1 Å². The molecule has 1 atom stereocenters. The molecule has 0 aliphatic carbocycles. The predicted octanol–water partition coefficient (Wildman–Crippen LogP) is 4.30. The summed E-state index contributed by atoms with van der Waals surface area (Å²) in [7, 11) is 1.38. The zero-order valence-corrected chi connectivity index (χ0v) is 20.3. The fourth-order valence-electron chi connectivity index (χ4n) is 2.83. The molecule has 33 heavy (non-hydrogen) atoms. The average Bonchev–Trinajstić information content (AvgIpc) is 2.71. The zero-order chi connectivity index (χ0) is 24.6. The van der Waals surface area contributed by atoms with Gasteiger partial charge in [0.15, 0.2) is 0 Å². The first-order valence-corrected chi connectivity index (χ1v) is 10.8. The molecule has 0 fully saturated rings. The van der Waals surface area contributed by atoms with Gasteiger partial charge in [0.1, 0.15) is 30.2 Å². The Labute approximate surface area is 202 Å². The number of ether oxygens (including phenoxy) is 1.